The molecule has 39 heavy (non-hydrogen) atoms. The summed E-state index contributed by atoms with van der Waals surface area (Å²) in [5.74, 6) is -0.787. The maximum Gasteiger partial charge on any atom is 0.326 e. The van der Waals surface area contributed by atoms with E-state index in [9.17, 15) is 24.4 Å². The number of nitroso groups, excluding NO2 is 1. The van der Waals surface area contributed by atoms with Crippen LogP contribution in [0, 0.1) is 4.91 Å². The van der Waals surface area contributed by atoms with Crippen molar-refractivity contribution in [3.63, 3.8) is 0 Å². The highest BCUT2D eigenvalue weighted by Crippen LogP contribution is 2.29. The van der Waals surface area contributed by atoms with Gasteiger partial charge in [-0.1, -0.05) is 72.0 Å². The van der Waals surface area contributed by atoms with E-state index in [1.807, 2.05) is 55.5 Å². The van der Waals surface area contributed by atoms with Gasteiger partial charge in [-0.2, -0.15) is 0 Å². The molecule has 2 N–H and O–H groups in total. The molecule has 0 radical (unpaired) electrons. The van der Waals surface area contributed by atoms with Gasteiger partial charge >= 0.3 is 10.8 Å². The molecule has 3 aromatic carbocycles. The van der Waals surface area contributed by atoms with Gasteiger partial charge in [-0.05, 0) is 47.4 Å². The van der Waals surface area contributed by atoms with Crippen LogP contribution >= 0.6 is 11.3 Å². The standard InChI is InChI=1S/C29H29N3O6S/c1-2-6-26(33)30-23(28(34)35)17-19-9-12-22(13-10-19)38-16-15-32-24-14-11-21(18-25(24)39-29(32)36)27(31-37)20-7-4-3-5-8-20/h3-5,7-14,18,23,27H,2,6,15-17H2,1H3,(H,30,33)(H,34,35)/t23-,27?/m0/s1. The van der Waals surface area contributed by atoms with Crippen molar-refractivity contribution in [2.75, 3.05) is 6.61 Å². The fourth-order valence-electron chi connectivity index (χ4n) is 4.32. The number of hydrogen-bond donors (Lipinski definition) is 2. The zero-order valence-corrected chi connectivity index (χ0v) is 22.2. The number of nitrogens with zero attached hydrogens (tertiary/aromatic N) is 2. The molecule has 0 saturated carbocycles. The molecule has 0 aliphatic heterocycles. The van der Waals surface area contributed by atoms with Crippen molar-refractivity contribution in [1.29, 1.82) is 0 Å². The van der Waals surface area contributed by atoms with E-state index < -0.39 is 18.1 Å². The Morgan fingerprint density at radius 3 is 2.46 bits per heavy atom. The van der Waals surface area contributed by atoms with Gasteiger partial charge < -0.3 is 15.2 Å². The molecule has 9 nitrogen and oxygen atoms in total. The monoisotopic (exact) mass is 547 g/mol. The van der Waals surface area contributed by atoms with Gasteiger partial charge in [0.25, 0.3) is 0 Å². The van der Waals surface area contributed by atoms with Crippen molar-refractivity contribution < 1.29 is 19.4 Å². The minimum atomic E-state index is -1.08. The molecular formula is C29H29N3O6S. The number of carboxylic acid groups (broad SMARTS) is 1. The average molecular weight is 548 g/mol. The molecule has 0 aliphatic rings. The highest BCUT2D eigenvalue weighted by molar-refractivity contribution is 7.16. The van der Waals surface area contributed by atoms with Crippen LogP contribution in [0.5, 0.6) is 5.75 Å². The minimum Gasteiger partial charge on any atom is -0.492 e. The van der Waals surface area contributed by atoms with Gasteiger partial charge in [-0.15, -0.1) is 4.91 Å². The second-order valence-electron chi connectivity index (χ2n) is 9.07. The van der Waals surface area contributed by atoms with Crippen molar-refractivity contribution in [1.82, 2.24) is 9.88 Å². The number of amides is 1. The molecule has 1 amide bonds. The highest BCUT2D eigenvalue weighted by Gasteiger charge is 2.20. The second kappa shape index (κ2) is 13.0. The second-order valence-corrected chi connectivity index (χ2v) is 10.1. The Kier molecular flexibility index (Phi) is 9.22. The van der Waals surface area contributed by atoms with Gasteiger partial charge in [0.1, 0.15) is 24.4 Å². The van der Waals surface area contributed by atoms with E-state index in [0.717, 1.165) is 38.2 Å². The van der Waals surface area contributed by atoms with E-state index in [2.05, 4.69) is 10.5 Å². The average Bonchev–Trinajstić information content (AvgIpc) is 3.24. The number of nitrogens with one attached hydrogen (secondary N) is 1. The number of benzene rings is 3. The third-order valence-electron chi connectivity index (χ3n) is 6.29. The van der Waals surface area contributed by atoms with Crippen molar-refractivity contribution in [2.24, 2.45) is 5.18 Å². The quantitative estimate of drug-likeness (QED) is 0.229. The molecule has 0 saturated heterocycles. The number of rotatable bonds is 13. The van der Waals surface area contributed by atoms with Crippen molar-refractivity contribution in [3.05, 3.63) is 104 Å². The molecule has 0 aliphatic carbocycles. The topological polar surface area (TPSA) is 127 Å². The number of thiazole rings is 1. The number of ether oxygens (including phenoxy) is 1. The van der Waals surface area contributed by atoms with Crippen molar-refractivity contribution in [3.8, 4) is 5.75 Å². The third-order valence-corrected chi connectivity index (χ3v) is 7.23. The van der Waals surface area contributed by atoms with Gasteiger partial charge in [0.05, 0.1) is 16.8 Å². The lowest BCUT2D eigenvalue weighted by Gasteiger charge is -2.15. The SMILES string of the molecule is CCCC(=O)N[C@@H](Cc1ccc(OCCn2c(=O)sc3cc(C(N=O)c4ccccc4)ccc32)cc1)C(=O)O. The number of aliphatic carboxylic acids is 1. The van der Waals surface area contributed by atoms with Crippen LogP contribution in [0.25, 0.3) is 10.2 Å². The maximum absolute atomic E-state index is 12.7. The Hall–Kier alpha value is -4.31. The van der Waals surface area contributed by atoms with Gasteiger partial charge in [-0.25, -0.2) is 4.79 Å². The fourth-order valence-corrected chi connectivity index (χ4v) is 5.29. The molecule has 0 fully saturated rings. The normalized spacial score (nSPS) is 12.5. The molecule has 1 heterocycles. The Bertz CT molecular complexity index is 1500. The van der Waals surface area contributed by atoms with Gasteiger partial charge in [0, 0.05) is 12.8 Å². The van der Waals surface area contributed by atoms with Gasteiger partial charge in [0.2, 0.25) is 5.91 Å². The number of carboxylic acids is 1. The first kappa shape index (κ1) is 27.7. The van der Waals surface area contributed by atoms with Gasteiger partial charge in [0.15, 0.2) is 0 Å². The van der Waals surface area contributed by atoms with Gasteiger partial charge in [-0.3, -0.25) is 14.2 Å². The summed E-state index contributed by atoms with van der Waals surface area (Å²) in [4.78, 5) is 47.5. The maximum atomic E-state index is 12.7. The number of aromatic nitrogens is 1. The summed E-state index contributed by atoms with van der Waals surface area (Å²) in [5, 5.41) is 15.3. The number of carbonyl (C=O) groups is 2. The lowest BCUT2D eigenvalue weighted by atomic mass is 9.99. The van der Waals surface area contributed by atoms with E-state index in [-0.39, 0.29) is 30.2 Å². The molecule has 4 rings (SSSR count). The summed E-state index contributed by atoms with van der Waals surface area (Å²) >= 11 is 1.11. The smallest absolute Gasteiger partial charge is 0.326 e. The summed E-state index contributed by atoms with van der Waals surface area (Å²) in [6.07, 6.45) is 1.09. The Morgan fingerprint density at radius 1 is 1.05 bits per heavy atom. The van der Waals surface area contributed by atoms with E-state index in [1.54, 1.807) is 28.8 Å². The zero-order valence-electron chi connectivity index (χ0n) is 21.4. The number of hydrogen-bond acceptors (Lipinski definition) is 7. The highest BCUT2D eigenvalue weighted by atomic mass is 32.1. The van der Waals surface area contributed by atoms with Crippen LogP contribution < -0.4 is 14.9 Å². The van der Waals surface area contributed by atoms with Crippen molar-refractivity contribution >= 4 is 33.4 Å². The molecule has 4 aromatic rings. The molecule has 0 bridgehead atoms. The fraction of sp³-hybridized carbons (Fsp3) is 0.276. The van der Waals surface area contributed by atoms with Crippen LogP contribution in [0.3, 0.4) is 0 Å². The van der Waals surface area contributed by atoms with E-state index in [0.29, 0.717) is 18.7 Å². The summed E-state index contributed by atoms with van der Waals surface area (Å²) in [6, 6.07) is 20.1. The van der Waals surface area contributed by atoms with E-state index in [4.69, 9.17) is 4.74 Å². The lowest BCUT2D eigenvalue weighted by molar-refractivity contribution is -0.141. The van der Waals surface area contributed by atoms with Crippen molar-refractivity contribution in [2.45, 2.75) is 44.8 Å². The summed E-state index contributed by atoms with van der Waals surface area (Å²) in [6.45, 7) is 2.44. The van der Waals surface area contributed by atoms with Crippen LogP contribution in [0.1, 0.15) is 42.5 Å². The Morgan fingerprint density at radius 2 is 1.79 bits per heavy atom. The molecule has 10 heteroatoms. The predicted molar refractivity (Wildman–Crippen MR) is 150 cm³/mol. The first-order chi connectivity index (χ1) is 18.9. The Labute approximate surface area is 229 Å². The summed E-state index contributed by atoms with van der Waals surface area (Å²) in [5.41, 5.74) is 3.03. The summed E-state index contributed by atoms with van der Waals surface area (Å²) < 4.78 is 8.24. The van der Waals surface area contributed by atoms with E-state index >= 15 is 0 Å². The van der Waals surface area contributed by atoms with Crippen LogP contribution in [0.4, 0.5) is 0 Å². The lowest BCUT2D eigenvalue weighted by Crippen LogP contribution is -2.42. The third kappa shape index (κ3) is 6.97. The summed E-state index contributed by atoms with van der Waals surface area (Å²) in [7, 11) is 0. The molecule has 2 atom stereocenters. The predicted octanol–water partition coefficient (Wildman–Crippen LogP) is 4.91. The number of carbonyl (C=O) groups excluding carboxylic acids is 1. The van der Waals surface area contributed by atoms with E-state index in [1.165, 1.54) is 0 Å². The van der Waals surface area contributed by atoms with Crippen LogP contribution in [0.2, 0.25) is 0 Å². The Balaban J connectivity index is 1.38. The molecule has 1 unspecified atom stereocenters. The minimum absolute atomic E-state index is 0.124. The zero-order chi connectivity index (χ0) is 27.8. The first-order valence-corrected chi connectivity index (χ1v) is 13.5. The number of fused-ring (bicyclic) bond motifs is 1. The molecule has 0 spiro atoms. The first-order valence-electron chi connectivity index (χ1n) is 12.6. The molecule has 202 valence electrons. The van der Waals surface area contributed by atoms with Crippen LogP contribution in [0.15, 0.2) is 82.8 Å². The largest absolute Gasteiger partial charge is 0.492 e. The molecule has 1 aromatic heterocycles. The van der Waals surface area contributed by atoms with Crippen LogP contribution in [-0.4, -0.2) is 34.2 Å². The van der Waals surface area contributed by atoms with Crippen LogP contribution in [-0.2, 0) is 22.6 Å². The molecular weight excluding hydrogens is 518 g/mol.